The normalized spacial score (nSPS) is 11.1. The minimum absolute atomic E-state index is 0. The molecule has 0 fully saturated rings. The number of ketones is 1. The minimum Gasteiger partial charge on any atom is -0.496 e. The van der Waals surface area contributed by atoms with E-state index in [1.165, 1.54) is 14.2 Å². The minimum atomic E-state index is -0.199. The molecule has 3 rings (SSSR count). The maximum Gasteiger partial charge on any atom is 0.201 e. The first-order valence-corrected chi connectivity index (χ1v) is 7.95. The summed E-state index contributed by atoms with van der Waals surface area (Å²) < 4.78 is 10.9. The van der Waals surface area contributed by atoms with Crippen molar-refractivity contribution in [3.05, 3.63) is 65.5 Å². The van der Waals surface area contributed by atoms with Crippen molar-refractivity contribution in [1.82, 2.24) is 4.98 Å². The number of fused-ring (bicyclic) bond motifs is 1. The molecule has 5 nitrogen and oxygen atoms in total. The number of halogens is 2. The number of methoxy groups -OCH3 is 2. The lowest BCUT2D eigenvalue weighted by molar-refractivity contribution is 0.103. The van der Waals surface area contributed by atoms with E-state index in [9.17, 15) is 4.79 Å². The van der Waals surface area contributed by atoms with Crippen molar-refractivity contribution >= 4 is 41.4 Å². The van der Waals surface area contributed by atoms with E-state index in [-0.39, 0.29) is 36.6 Å². The highest BCUT2D eigenvalue weighted by molar-refractivity contribution is 6.18. The fourth-order valence-electron chi connectivity index (χ4n) is 2.87. The zero-order chi connectivity index (χ0) is 18.0. The molecule has 0 radical (unpaired) electrons. The van der Waals surface area contributed by atoms with Gasteiger partial charge in [-0.3, -0.25) is 9.78 Å². The molecule has 2 aromatic carbocycles. The molecule has 144 valence electrons. The molecule has 3 aromatic rings. The quantitative estimate of drug-likeness (QED) is 0.635. The van der Waals surface area contributed by atoms with Crippen LogP contribution in [0.25, 0.3) is 10.8 Å². The molecule has 0 aliphatic carbocycles. The number of benzene rings is 2. The molecule has 2 N–H and O–H groups in total. The van der Waals surface area contributed by atoms with E-state index in [2.05, 4.69) is 4.98 Å². The Kier molecular flexibility index (Phi) is 8.03. The van der Waals surface area contributed by atoms with Crippen LogP contribution in [0.15, 0.2) is 48.8 Å². The summed E-state index contributed by atoms with van der Waals surface area (Å²) in [5.74, 6) is 0.729. The van der Waals surface area contributed by atoms with Crippen molar-refractivity contribution in [2.45, 2.75) is 13.0 Å². The van der Waals surface area contributed by atoms with E-state index in [1.54, 1.807) is 30.6 Å². The van der Waals surface area contributed by atoms with Crippen molar-refractivity contribution in [3.63, 3.8) is 0 Å². The highest BCUT2D eigenvalue weighted by Gasteiger charge is 2.23. The van der Waals surface area contributed by atoms with Crippen LogP contribution in [0, 0.1) is 0 Å². The molecule has 1 atom stereocenters. The molecule has 27 heavy (non-hydrogen) atoms. The Morgan fingerprint density at radius 1 is 1.07 bits per heavy atom. The fraction of sp³-hybridized carbons (Fsp3) is 0.200. The molecule has 0 bridgehead atoms. The number of carbonyl (C=O) groups is 1. The third-order valence-electron chi connectivity index (χ3n) is 4.21. The van der Waals surface area contributed by atoms with Crippen molar-refractivity contribution in [1.29, 1.82) is 0 Å². The topological polar surface area (TPSA) is 74.4 Å². The molecule has 0 spiro atoms. The van der Waals surface area contributed by atoms with E-state index >= 15 is 0 Å². The average molecular weight is 409 g/mol. The lowest BCUT2D eigenvalue weighted by atomic mass is 9.95. The number of carbonyl (C=O) groups excluding carboxylic acids is 1. The zero-order valence-corrected chi connectivity index (χ0v) is 16.9. The third-order valence-corrected chi connectivity index (χ3v) is 4.21. The summed E-state index contributed by atoms with van der Waals surface area (Å²) in [6.07, 6.45) is 3.41. The number of hydrogen-bond donors (Lipinski definition) is 1. The van der Waals surface area contributed by atoms with Crippen molar-refractivity contribution in [3.8, 4) is 11.5 Å². The molecule has 0 saturated carbocycles. The summed E-state index contributed by atoms with van der Waals surface area (Å²) >= 11 is 0. The number of nitrogens with zero attached hydrogens (tertiary/aromatic N) is 1. The number of hydrogen-bond acceptors (Lipinski definition) is 5. The predicted molar refractivity (Wildman–Crippen MR) is 112 cm³/mol. The summed E-state index contributed by atoms with van der Waals surface area (Å²) in [6, 6.07) is 10.8. The van der Waals surface area contributed by atoms with Crippen molar-refractivity contribution in [2.24, 2.45) is 5.73 Å². The van der Waals surface area contributed by atoms with Crippen LogP contribution in [-0.4, -0.2) is 25.0 Å². The number of ether oxygens (including phenoxy) is 2. The highest BCUT2D eigenvalue weighted by Crippen LogP contribution is 2.35. The predicted octanol–water partition coefficient (Wildman–Crippen LogP) is 4.35. The molecule has 1 aromatic heterocycles. The van der Waals surface area contributed by atoms with Gasteiger partial charge < -0.3 is 15.2 Å². The summed E-state index contributed by atoms with van der Waals surface area (Å²) in [6.45, 7) is 1.87. The molecular formula is C20H22Cl2N2O3. The van der Waals surface area contributed by atoms with Crippen molar-refractivity contribution in [2.75, 3.05) is 14.2 Å². The Morgan fingerprint density at radius 3 is 2.26 bits per heavy atom. The molecule has 0 saturated heterocycles. The molecule has 0 aliphatic heterocycles. The molecule has 7 heteroatoms. The number of rotatable bonds is 5. The zero-order valence-electron chi connectivity index (χ0n) is 15.3. The summed E-state index contributed by atoms with van der Waals surface area (Å²) in [5.41, 5.74) is 7.77. The maximum atomic E-state index is 13.3. The van der Waals surface area contributed by atoms with Gasteiger partial charge in [-0.1, -0.05) is 18.2 Å². The second-order valence-corrected chi connectivity index (χ2v) is 5.82. The first kappa shape index (κ1) is 22.7. The molecule has 0 amide bonds. The van der Waals surface area contributed by atoms with Crippen LogP contribution in [0.3, 0.4) is 0 Å². The van der Waals surface area contributed by atoms with E-state index in [0.29, 0.717) is 22.6 Å². The van der Waals surface area contributed by atoms with Gasteiger partial charge in [-0.25, -0.2) is 0 Å². The maximum absolute atomic E-state index is 13.3. The van der Waals surface area contributed by atoms with Gasteiger partial charge in [-0.15, -0.1) is 24.8 Å². The molecule has 1 heterocycles. The van der Waals surface area contributed by atoms with Crippen LogP contribution in [0.1, 0.15) is 34.5 Å². The molecule has 0 aliphatic rings. The van der Waals surface area contributed by atoms with Crippen LogP contribution < -0.4 is 15.2 Å². The van der Waals surface area contributed by atoms with E-state index in [1.807, 2.05) is 25.1 Å². The smallest absolute Gasteiger partial charge is 0.201 e. The van der Waals surface area contributed by atoms with Gasteiger partial charge in [0.1, 0.15) is 17.1 Å². The van der Waals surface area contributed by atoms with Gasteiger partial charge in [0.2, 0.25) is 5.78 Å². The van der Waals surface area contributed by atoms with Gasteiger partial charge in [-0.2, -0.15) is 0 Å². The van der Waals surface area contributed by atoms with E-state index < -0.39 is 0 Å². The summed E-state index contributed by atoms with van der Waals surface area (Å²) in [7, 11) is 3.06. The van der Waals surface area contributed by atoms with Crippen LogP contribution in [0.2, 0.25) is 0 Å². The van der Waals surface area contributed by atoms with Crippen LogP contribution >= 0.6 is 24.8 Å². The Balaban J connectivity index is 0.00000182. The first-order valence-electron chi connectivity index (χ1n) is 7.95. The van der Waals surface area contributed by atoms with Gasteiger partial charge in [0.15, 0.2) is 0 Å². The lowest BCUT2D eigenvalue weighted by Gasteiger charge is -2.17. The monoisotopic (exact) mass is 408 g/mol. The lowest BCUT2D eigenvalue weighted by Crippen LogP contribution is -2.11. The first-order chi connectivity index (χ1) is 12.1. The van der Waals surface area contributed by atoms with Gasteiger partial charge in [0.05, 0.1) is 14.2 Å². The molecular weight excluding hydrogens is 387 g/mol. The van der Waals surface area contributed by atoms with Crippen LogP contribution in [-0.2, 0) is 0 Å². The van der Waals surface area contributed by atoms with Gasteiger partial charge in [0, 0.05) is 29.4 Å². The Hall–Kier alpha value is -2.34. The summed E-state index contributed by atoms with van der Waals surface area (Å²) in [4.78, 5) is 17.4. The van der Waals surface area contributed by atoms with E-state index in [0.717, 1.165) is 16.3 Å². The van der Waals surface area contributed by atoms with Gasteiger partial charge in [0.25, 0.3) is 0 Å². The standard InChI is InChI=1S/C20H20N2O3.2ClH/c1-12(21)14-9-17(24-2)19(18(10-14)25-3)20(23)16-6-4-5-13-11-22-8-7-15(13)16;;/h4-12H,21H2,1-3H3;2*1H. The average Bonchev–Trinajstić information content (AvgIpc) is 2.65. The Morgan fingerprint density at radius 2 is 1.70 bits per heavy atom. The second kappa shape index (κ2) is 9.55. The van der Waals surface area contributed by atoms with Gasteiger partial charge >= 0.3 is 0 Å². The fourth-order valence-corrected chi connectivity index (χ4v) is 2.87. The summed E-state index contributed by atoms with van der Waals surface area (Å²) in [5, 5.41) is 1.74. The van der Waals surface area contributed by atoms with Crippen LogP contribution in [0.4, 0.5) is 0 Å². The third kappa shape index (κ3) is 4.33. The number of nitrogens with two attached hydrogens (primary N) is 1. The van der Waals surface area contributed by atoms with E-state index in [4.69, 9.17) is 15.2 Å². The SMILES string of the molecule is COc1cc(C(C)N)cc(OC)c1C(=O)c1cccc2cnccc12.Cl.Cl. The van der Waals surface area contributed by atoms with Crippen molar-refractivity contribution < 1.29 is 14.3 Å². The van der Waals surface area contributed by atoms with Gasteiger partial charge in [-0.05, 0) is 36.1 Å². The largest absolute Gasteiger partial charge is 0.496 e. The Labute approximate surface area is 170 Å². The highest BCUT2D eigenvalue weighted by atomic mass is 35.5. The number of pyridine rings is 1. The Bertz CT molecular complexity index is 915. The molecule has 1 unspecified atom stereocenters. The van der Waals surface area contributed by atoms with Crippen LogP contribution in [0.5, 0.6) is 11.5 Å². The second-order valence-electron chi connectivity index (χ2n) is 5.82. The number of aromatic nitrogens is 1.